The lowest BCUT2D eigenvalue weighted by molar-refractivity contribution is 0.102. The number of H-pyrrole nitrogens is 1. The quantitative estimate of drug-likeness (QED) is 0.274. The molecule has 0 atom stereocenters. The van der Waals surface area contributed by atoms with Gasteiger partial charge in [0.15, 0.2) is 11.6 Å². The highest BCUT2D eigenvalue weighted by molar-refractivity contribution is 8.14. The van der Waals surface area contributed by atoms with Gasteiger partial charge < -0.3 is 10.7 Å². The van der Waals surface area contributed by atoms with Crippen LogP contribution in [0.5, 0.6) is 0 Å². The van der Waals surface area contributed by atoms with E-state index in [0.717, 1.165) is 28.1 Å². The van der Waals surface area contributed by atoms with Crippen molar-refractivity contribution in [2.45, 2.75) is 6.92 Å². The summed E-state index contributed by atoms with van der Waals surface area (Å²) in [5.74, 6) is 1.12. The molecule has 0 aliphatic heterocycles. The molecule has 7 heteroatoms. The molecule has 25 heavy (non-hydrogen) atoms. The fraction of sp³-hybridized carbons (Fsp3) is 0.111. The number of benzene rings is 2. The van der Waals surface area contributed by atoms with Gasteiger partial charge in [0.1, 0.15) is 5.82 Å². The van der Waals surface area contributed by atoms with Crippen LogP contribution in [0.4, 0.5) is 11.6 Å². The number of hydrogen-bond acceptors (Lipinski definition) is 5. The SMILES string of the molecule is Cc1ccc(C(=O)CSC(=N)/N=N/c2[nH]c(N)c3ccccc23)cc1. The smallest absolute Gasteiger partial charge is 0.202 e. The zero-order valence-electron chi connectivity index (χ0n) is 13.6. The fourth-order valence-corrected chi connectivity index (χ4v) is 2.88. The van der Waals surface area contributed by atoms with E-state index in [1.165, 1.54) is 0 Å². The number of nitrogens with one attached hydrogen (secondary N) is 2. The van der Waals surface area contributed by atoms with Gasteiger partial charge in [0.25, 0.3) is 0 Å². The van der Waals surface area contributed by atoms with E-state index in [0.29, 0.717) is 17.2 Å². The Bertz CT molecular complexity index is 959. The van der Waals surface area contributed by atoms with Gasteiger partial charge in [-0.15, -0.1) is 10.2 Å². The first-order valence-electron chi connectivity index (χ1n) is 7.64. The Kier molecular flexibility index (Phi) is 4.95. The Balaban J connectivity index is 1.63. The molecule has 0 aliphatic rings. The first-order valence-corrected chi connectivity index (χ1v) is 8.62. The van der Waals surface area contributed by atoms with Crippen LogP contribution in [0.25, 0.3) is 10.8 Å². The van der Waals surface area contributed by atoms with E-state index in [4.69, 9.17) is 11.1 Å². The van der Waals surface area contributed by atoms with Crippen molar-refractivity contribution in [2.24, 2.45) is 10.2 Å². The van der Waals surface area contributed by atoms with Gasteiger partial charge in [-0.1, -0.05) is 65.9 Å². The molecule has 126 valence electrons. The monoisotopic (exact) mass is 351 g/mol. The van der Waals surface area contributed by atoms with E-state index in [1.807, 2.05) is 43.3 Å². The van der Waals surface area contributed by atoms with Gasteiger partial charge in [-0.2, -0.15) is 0 Å². The normalized spacial score (nSPS) is 11.2. The zero-order valence-corrected chi connectivity index (χ0v) is 14.4. The van der Waals surface area contributed by atoms with Crippen molar-refractivity contribution in [2.75, 3.05) is 11.5 Å². The number of ketones is 1. The van der Waals surface area contributed by atoms with Gasteiger partial charge in [0.05, 0.1) is 5.75 Å². The number of hydrogen-bond donors (Lipinski definition) is 3. The molecule has 0 amide bonds. The number of fused-ring (bicyclic) bond motifs is 1. The van der Waals surface area contributed by atoms with E-state index in [9.17, 15) is 4.79 Å². The molecule has 2 aromatic carbocycles. The van der Waals surface area contributed by atoms with Crippen LogP contribution in [0.2, 0.25) is 0 Å². The summed E-state index contributed by atoms with van der Waals surface area (Å²) >= 11 is 1.04. The van der Waals surface area contributed by atoms with E-state index in [-0.39, 0.29) is 16.7 Å². The van der Waals surface area contributed by atoms with Crippen molar-refractivity contribution in [3.63, 3.8) is 0 Å². The van der Waals surface area contributed by atoms with Crippen LogP contribution in [0.1, 0.15) is 15.9 Å². The van der Waals surface area contributed by atoms with Gasteiger partial charge in [-0.25, -0.2) is 0 Å². The molecule has 0 spiro atoms. The number of aromatic amines is 1. The van der Waals surface area contributed by atoms with Crippen molar-refractivity contribution >= 4 is 45.1 Å². The number of thioether (sulfide) groups is 1. The van der Waals surface area contributed by atoms with Gasteiger partial charge in [-0.05, 0) is 6.92 Å². The lowest BCUT2D eigenvalue weighted by Crippen LogP contribution is -2.03. The maximum Gasteiger partial charge on any atom is 0.202 e. The van der Waals surface area contributed by atoms with Crippen LogP contribution in [0, 0.1) is 12.3 Å². The highest BCUT2D eigenvalue weighted by atomic mass is 32.2. The molecule has 0 saturated carbocycles. The minimum Gasteiger partial charge on any atom is -0.385 e. The van der Waals surface area contributed by atoms with Crippen molar-refractivity contribution in [1.82, 2.24) is 4.98 Å². The van der Waals surface area contributed by atoms with Crippen LogP contribution in [-0.2, 0) is 0 Å². The minimum absolute atomic E-state index is 0.0299. The Hall–Kier alpha value is -2.93. The first-order chi connectivity index (χ1) is 12.0. The largest absolute Gasteiger partial charge is 0.385 e. The van der Waals surface area contributed by atoms with Crippen molar-refractivity contribution in [1.29, 1.82) is 5.41 Å². The fourth-order valence-electron chi connectivity index (χ4n) is 2.35. The summed E-state index contributed by atoms with van der Waals surface area (Å²) in [5, 5.41) is 17.4. The van der Waals surface area contributed by atoms with Gasteiger partial charge in [0.2, 0.25) is 5.17 Å². The summed E-state index contributed by atoms with van der Waals surface area (Å²) in [5.41, 5.74) is 7.63. The number of Topliss-reactive ketones (excluding diaryl/α,β-unsaturated/α-hetero) is 1. The number of aryl methyl sites for hydroxylation is 1. The van der Waals surface area contributed by atoms with Crippen LogP contribution in [-0.4, -0.2) is 21.7 Å². The van der Waals surface area contributed by atoms with E-state index in [2.05, 4.69) is 15.2 Å². The molecule has 0 bridgehead atoms. The predicted octanol–water partition coefficient (Wildman–Crippen LogP) is 4.69. The molecule has 0 unspecified atom stereocenters. The molecule has 1 heterocycles. The highest BCUT2D eigenvalue weighted by Crippen LogP contribution is 2.30. The van der Waals surface area contributed by atoms with Crippen LogP contribution in [0.3, 0.4) is 0 Å². The first kappa shape index (κ1) is 16.9. The molecular formula is C18H17N5OS. The summed E-state index contributed by atoms with van der Waals surface area (Å²) in [7, 11) is 0. The van der Waals surface area contributed by atoms with Gasteiger partial charge in [0, 0.05) is 16.3 Å². The second-order valence-corrected chi connectivity index (χ2v) is 6.48. The summed E-state index contributed by atoms with van der Waals surface area (Å²) < 4.78 is 0. The number of rotatable bonds is 4. The topological polar surface area (TPSA) is 107 Å². The maximum atomic E-state index is 12.1. The third kappa shape index (κ3) is 3.95. The van der Waals surface area contributed by atoms with Crippen molar-refractivity contribution < 1.29 is 4.79 Å². The Morgan fingerprint density at radius 1 is 1.16 bits per heavy atom. The number of carbonyl (C=O) groups is 1. The average Bonchev–Trinajstić information content (AvgIpc) is 2.95. The van der Waals surface area contributed by atoms with Crippen LogP contribution in [0.15, 0.2) is 58.8 Å². The molecule has 0 saturated heterocycles. The molecule has 4 N–H and O–H groups in total. The number of azo groups is 1. The number of aromatic nitrogens is 1. The molecular weight excluding hydrogens is 334 g/mol. The van der Waals surface area contributed by atoms with Crippen molar-refractivity contribution in [3.8, 4) is 0 Å². The minimum atomic E-state index is -0.0421. The maximum absolute atomic E-state index is 12.1. The van der Waals surface area contributed by atoms with E-state index < -0.39 is 0 Å². The molecule has 3 rings (SSSR count). The molecule has 1 aromatic heterocycles. The van der Waals surface area contributed by atoms with E-state index in [1.54, 1.807) is 12.1 Å². The molecule has 6 nitrogen and oxygen atoms in total. The Morgan fingerprint density at radius 2 is 1.84 bits per heavy atom. The summed E-state index contributed by atoms with van der Waals surface area (Å²) in [6, 6.07) is 14.9. The second kappa shape index (κ2) is 7.31. The number of carbonyl (C=O) groups excluding carboxylic acids is 1. The lowest BCUT2D eigenvalue weighted by Gasteiger charge is -2.00. The Morgan fingerprint density at radius 3 is 2.56 bits per heavy atom. The zero-order chi connectivity index (χ0) is 17.8. The van der Waals surface area contributed by atoms with Crippen molar-refractivity contribution in [3.05, 3.63) is 59.7 Å². The summed E-state index contributed by atoms with van der Waals surface area (Å²) in [6.07, 6.45) is 0. The van der Waals surface area contributed by atoms with Gasteiger partial charge in [-0.3, -0.25) is 10.2 Å². The number of amidine groups is 1. The molecule has 3 aromatic rings. The Labute approximate surface area is 149 Å². The average molecular weight is 351 g/mol. The summed E-state index contributed by atoms with van der Waals surface area (Å²) in [6.45, 7) is 1.97. The second-order valence-electron chi connectivity index (χ2n) is 5.52. The number of anilines is 1. The number of nitrogens with two attached hydrogens (primary N) is 1. The third-order valence-electron chi connectivity index (χ3n) is 3.68. The highest BCUT2D eigenvalue weighted by Gasteiger charge is 2.09. The molecule has 0 radical (unpaired) electrons. The molecule has 0 aliphatic carbocycles. The number of nitrogen functional groups attached to an aromatic ring is 1. The summed E-state index contributed by atoms with van der Waals surface area (Å²) in [4.78, 5) is 15.0. The predicted molar refractivity (Wildman–Crippen MR) is 103 cm³/mol. The lowest BCUT2D eigenvalue weighted by atomic mass is 10.1. The van der Waals surface area contributed by atoms with Crippen LogP contribution < -0.4 is 5.73 Å². The third-order valence-corrected chi connectivity index (χ3v) is 4.44. The van der Waals surface area contributed by atoms with Gasteiger partial charge >= 0.3 is 0 Å². The number of nitrogens with zero attached hydrogens (tertiary/aromatic N) is 2. The molecule has 0 fully saturated rings. The van der Waals surface area contributed by atoms with Crippen LogP contribution >= 0.6 is 11.8 Å². The standard InChI is InChI=1S/C18H17N5OS/c1-11-6-8-12(9-7-11)15(24)10-25-18(20)23-22-17-14-5-3-2-4-13(14)16(19)21-17/h2-9,20-21H,10,19H2,1H3/b20-18?,23-22+. The van der Waals surface area contributed by atoms with E-state index >= 15 is 0 Å².